The molecule has 1 saturated carbocycles. The number of rotatable bonds is 6. The summed E-state index contributed by atoms with van der Waals surface area (Å²) >= 11 is 3.90. The summed E-state index contributed by atoms with van der Waals surface area (Å²) < 4.78 is 0. The molecule has 0 amide bonds. The second kappa shape index (κ2) is 12.4. The van der Waals surface area contributed by atoms with Crippen molar-refractivity contribution in [2.45, 2.75) is 43.4 Å². The van der Waals surface area contributed by atoms with E-state index in [0.717, 1.165) is 17.8 Å². The van der Waals surface area contributed by atoms with Gasteiger partial charge in [-0.15, -0.1) is 24.0 Å². The van der Waals surface area contributed by atoms with Gasteiger partial charge in [-0.2, -0.15) is 23.5 Å². The monoisotopic (exact) mass is 417 g/mol. The molecule has 114 valence electrons. The smallest absolute Gasteiger partial charge is 0.191 e. The molecule has 1 rings (SSSR count). The van der Waals surface area contributed by atoms with E-state index in [2.05, 4.69) is 28.1 Å². The van der Waals surface area contributed by atoms with Crippen LogP contribution in [0.5, 0.6) is 0 Å². The fourth-order valence-electron chi connectivity index (χ4n) is 2.30. The molecule has 2 atom stereocenters. The normalized spacial score (nSPS) is 23.6. The Balaban J connectivity index is 0.00000324. The number of halogens is 1. The van der Waals surface area contributed by atoms with Crippen molar-refractivity contribution in [3.63, 3.8) is 0 Å². The van der Waals surface area contributed by atoms with E-state index in [1.807, 2.05) is 30.6 Å². The van der Waals surface area contributed by atoms with Crippen LogP contribution in [0.1, 0.15) is 32.1 Å². The first kappa shape index (κ1) is 19.7. The summed E-state index contributed by atoms with van der Waals surface area (Å²) in [5.41, 5.74) is 0. The van der Waals surface area contributed by atoms with Crippen molar-refractivity contribution in [1.82, 2.24) is 10.6 Å². The summed E-state index contributed by atoms with van der Waals surface area (Å²) in [5, 5.41) is 7.79. The molecule has 0 saturated heterocycles. The molecule has 1 aliphatic rings. The average Bonchev–Trinajstić information content (AvgIpc) is 2.42. The van der Waals surface area contributed by atoms with Gasteiger partial charge < -0.3 is 10.6 Å². The number of aliphatic imine (C=N–C) groups is 1. The van der Waals surface area contributed by atoms with Gasteiger partial charge in [0.1, 0.15) is 0 Å². The van der Waals surface area contributed by atoms with E-state index in [1.54, 1.807) is 0 Å². The number of nitrogens with one attached hydrogen (secondary N) is 2. The van der Waals surface area contributed by atoms with Crippen molar-refractivity contribution < 1.29 is 0 Å². The highest BCUT2D eigenvalue weighted by Crippen LogP contribution is 2.26. The Labute approximate surface area is 143 Å². The largest absolute Gasteiger partial charge is 0.356 e. The summed E-state index contributed by atoms with van der Waals surface area (Å²) in [6, 6.07) is 0.600. The van der Waals surface area contributed by atoms with E-state index >= 15 is 0 Å². The van der Waals surface area contributed by atoms with E-state index in [-0.39, 0.29) is 24.0 Å². The van der Waals surface area contributed by atoms with Crippen molar-refractivity contribution in [1.29, 1.82) is 0 Å². The molecule has 19 heavy (non-hydrogen) atoms. The SMILES string of the molecule is CN=C(NCCCSC)NC1CCCC(SC)C1.I. The zero-order valence-corrected chi connectivity index (χ0v) is 16.2. The summed E-state index contributed by atoms with van der Waals surface area (Å²) in [6.45, 7) is 1.01. The van der Waals surface area contributed by atoms with E-state index in [0.29, 0.717) is 6.04 Å². The van der Waals surface area contributed by atoms with E-state index < -0.39 is 0 Å². The summed E-state index contributed by atoms with van der Waals surface area (Å²) in [7, 11) is 1.86. The van der Waals surface area contributed by atoms with Gasteiger partial charge in [0.15, 0.2) is 5.96 Å². The molecule has 2 unspecified atom stereocenters. The van der Waals surface area contributed by atoms with E-state index in [4.69, 9.17) is 0 Å². The Morgan fingerprint density at radius 1 is 1.32 bits per heavy atom. The van der Waals surface area contributed by atoms with Crippen molar-refractivity contribution in [2.24, 2.45) is 4.99 Å². The highest BCUT2D eigenvalue weighted by molar-refractivity contribution is 14.0. The minimum atomic E-state index is 0. The number of thioether (sulfide) groups is 2. The van der Waals surface area contributed by atoms with Crippen molar-refractivity contribution in [3.8, 4) is 0 Å². The van der Waals surface area contributed by atoms with Gasteiger partial charge in [0.05, 0.1) is 0 Å². The summed E-state index contributed by atoms with van der Waals surface area (Å²) in [5.74, 6) is 2.19. The van der Waals surface area contributed by atoms with Gasteiger partial charge in [0.2, 0.25) is 0 Å². The van der Waals surface area contributed by atoms with E-state index in [1.165, 1.54) is 37.9 Å². The summed E-state index contributed by atoms with van der Waals surface area (Å²) in [6.07, 6.45) is 10.8. The topological polar surface area (TPSA) is 36.4 Å². The van der Waals surface area contributed by atoms with Crippen LogP contribution in [-0.4, -0.2) is 49.1 Å². The molecule has 0 radical (unpaired) electrons. The zero-order valence-electron chi connectivity index (χ0n) is 12.3. The standard InChI is InChI=1S/C13H27N3S2.HI/c1-14-13(15-8-5-9-17-2)16-11-6-4-7-12(10-11)18-3;/h11-12H,4-10H2,1-3H3,(H2,14,15,16);1H. The maximum atomic E-state index is 4.31. The molecule has 0 aromatic heterocycles. The maximum Gasteiger partial charge on any atom is 0.191 e. The maximum absolute atomic E-state index is 4.31. The van der Waals surface area contributed by atoms with Gasteiger partial charge in [-0.25, -0.2) is 0 Å². The lowest BCUT2D eigenvalue weighted by atomic mass is 9.95. The highest BCUT2D eigenvalue weighted by atomic mass is 127. The lowest BCUT2D eigenvalue weighted by molar-refractivity contribution is 0.419. The van der Waals surface area contributed by atoms with Crippen LogP contribution in [0.25, 0.3) is 0 Å². The Kier molecular flexibility index (Phi) is 12.9. The van der Waals surface area contributed by atoms with E-state index in [9.17, 15) is 0 Å². The van der Waals surface area contributed by atoms with Gasteiger partial charge in [-0.3, -0.25) is 4.99 Å². The van der Waals surface area contributed by atoms with Gasteiger partial charge in [-0.1, -0.05) is 6.42 Å². The first-order valence-corrected chi connectivity index (χ1v) is 9.47. The molecule has 0 bridgehead atoms. The number of nitrogens with zero attached hydrogens (tertiary/aromatic N) is 1. The lowest BCUT2D eigenvalue weighted by Gasteiger charge is -2.29. The molecule has 0 aliphatic heterocycles. The Morgan fingerprint density at radius 3 is 2.74 bits per heavy atom. The fourth-order valence-corrected chi connectivity index (χ4v) is 3.56. The predicted molar refractivity (Wildman–Crippen MR) is 102 cm³/mol. The number of hydrogen-bond acceptors (Lipinski definition) is 3. The summed E-state index contributed by atoms with van der Waals surface area (Å²) in [4.78, 5) is 4.31. The molecule has 0 heterocycles. The van der Waals surface area contributed by atoms with Crippen LogP contribution in [0, 0.1) is 0 Å². The first-order chi connectivity index (χ1) is 8.80. The Bertz CT molecular complexity index is 252. The lowest BCUT2D eigenvalue weighted by Crippen LogP contribution is -2.45. The number of hydrogen-bond donors (Lipinski definition) is 2. The van der Waals surface area contributed by atoms with Crippen molar-refractivity contribution in [3.05, 3.63) is 0 Å². The third kappa shape index (κ3) is 8.55. The van der Waals surface area contributed by atoms with Gasteiger partial charge >= 0.3 is 0 Å². The van der Waals surface area contributed by atoms with Crippen LogP contribution in [0.15, 0.2) is 4.99 Å². The molecule has 3 nitrogen and oxygen atoms in total. The average molecular weight is 417 g/mol. The molecule has 0 aromatic rings. The quantitative estimate of drug-likeness (QED) is 0.301. The van der Waals surface area contributed by atoms with Gasteiger partial charge in [0, 0.05) is 24.9 Å². The van der Waals surface area contributed by atoms with Crippen LogP contribution in [-0.2, 0) is 0 Å². The van der Waals surface area contributed by atoms with Crippen molar-refractivity contribution >= 4 is 53.5 Å². The first-order valence-electron chi connectivity index (χ1n) is 6.79. The zero-order chi connectivity index (χ0) is 13.2. The second-order valence-corrected chi connectivity index (χ2v) is 6.83. The minimum absolute atomic E-state index is 0. The van der Waals surface area contributed by atoms with Crippen LogP contribution in [0.4, 0.5) is 0 Å². The molecule has 0 aromatic carbocycles. The molecule has 2 N–H and O–H groups in total. The second-order valence-electron chi connectivity index (χ2n) is 4.71. The Hall–Kier alpha value is 0.700. The van der Waals surface area contributed by atoms with Gasteiger partial charge in [-0.05, 0) is 43.9 Å². The predicted octanol–water partition coefficient (Wildman–Crippen LogP) is 3.20. The van der Waals surface area contributed by atoms with Crippen LogP contribution < -0.4 is 10.6 Å². The third-order valence-corrected chi connectivity index (χ3v) is 5.13. The number of guanidine groups is 1. The third-order valence-electron chi connectivity index (χ3n) is 3.34. The van der Waals surface area contributed by atoms with Crippen LogP contribution in [0.2, 0.25) is 0 Å². The van der Waals surface area contributed by atoms with Crippen LogP contribution >= 0.6 is 47.5 Å². The molecular weight excluding hydrogens is 389 g/mol. The molecule has 0 spiro atoms. The molecule has 1 fully saturated rings. The van der Waals surface area contributed by atoms with Gasteiger partial charge in [0.25, 0.3) is 0 Å². The molecule has 1 aliphatic carbocycles. The fraction of sp³-hybridized carbons (Fsp3) is 0.923. The molecule has 6 heteroatoms. The van der Waals surface area contributed by atoms with Crippen molar-refractivity contribution in [2.75, 3.05) is 31.9 Å². The minimum Gasteiger partial charge on any atom is -0.356 e. The highest BCUT2D eigenvalue weighted by Gasteiger charge is 2.21. The van der Waals surface area contributed by atoms with Crippen LogP contribution in [0.3, 0.4) is 0 Å². The molecular formula is C13H28IN3S2. The Morgan fingerprint density at radius 2 is 2.11 bits per heavy atom.